The van der Waals surface area contributed by atoms with Crippen LogP contribution in [0, 0.1) is 13.8 Å². The van der Waals surface area contributed by atoms with E-state index in [4.69, 9.17) is 16.3 Å². The summed E-state index contributed by atoms with van der Waals surface area (Å²) in [5.74, 6) is -0.868. The summed E-state index contributed by atoms with van der Waals surface area (Å²) in [5, 5.41) is 3.30. The number of hydrogen-bond donors (Lipinski definition) is 3. The highest BCUT2D eigenvalue weighted by molar-refractivity contribution is 9.10. The number of hydrogen-bond acceptors (Lipinski definition) is 4. The first-order valence-electron chi connectivity index (χ1n) is 9.23. The molecular formula is C21H23BrClN3O4. The van der Waals surface area contributed by atoms with Crippen molar-refractivity contribution in [2.24, 2.45) is 0 Å². The van der Waals surface area contributed by atoms with E-state index in [1.807, 2.05) is 32.0 Å². The largest absolute Gasteiger partial charge is 0.480 e. The summed E-state index contributed by atoms with van der Waals surface area (Å²) in [6, 6.07) is 10.6. The zero-order valence-electron chi connectivity index (χ0n) is 16.8. The van der Waals surface area contributed by atoms with E-state index in [1.54, 1.807) is 25.1 Å². The Labute approximate surface area is 188 Å². The van der Waals surface area contributed by atoms with E-state index in [2.05, 4.69) is 32.1 Å². The highest BCUT2D eigenvalue weighted by Crippen LogP contribution is 2.28. The van der Waals surface area contributed by atoms with Gasteiger partial charge in [-0.2, -0.15) is 0 Å². The minimum absolute atomic E-state index is 0.0151. The number of amides is 3. The first-order chi connectivity index (χ1) is 14.2. The zero-order valence-corrected chi connectivity index (χ0v) is 19.2. The highest BCUT2D eigenvalue weighted by Gasteiger charge is 2.17. The number of rotatable bonds is 7. The molecule has 2 aromatic carbocycles. The Balaban J connectivity index is 1.74. The SMILES string of the molecule is Cc1ccc(NC(=O)CCC(=O)NNC(=O)C(C)Oc2ccc(Cl)cc2Br)c(C)c1. The second-order valence-corrected chi connectivity index (χ2v) is 8.03. The average molecular weight is 497 g/mol. The number of nitrogens with one attached hydrogen (secondary N) is 3. The Bertz CT molecular complexity index is 952. The molecule has 0 saturated heterocycles. The van der Waals surface area contributed by atoms with Crippen molar-refractivity contribution in [1.29, 1.82) is 0 Å². The lowest BCUT2D eigenvalue weighted by molar-refractivity contribution is -0.133. The molecule has 0 spiro atoms. The van der Waals surface area contributed by atoms with Crippen LogP contribution >= 0.6 is 27.5 Å². The van der Waals surface area contributed by atoms with Crippen molar-refractivity contribution >= 4 is 50.9 Å². The van der Waals surface area contributed by atoms with E-state index in [0.717, 1.165) is 11.1 Å². The van der Waals surface area contributed by atoms with Gasteiger partial charge in [0.15, 0.2) is 6.10 Å². The molecule has 1 atom stereocenters. The normalized spacial score (nSPS) is 11.4. The Morgan fingerprint density at radius 1 is 1.03 bits per heavy atom. The zero-order chi connectivity index (χ0) is 22.3. The molecule has 0 aromatic heterocycles. The summed E-state index contributed by atoms with van der Waals surface area (Å²) in [6.45, 7) is 5.41. The van der Waals surface area contributed by atoms with Gasteiger partial charge in [0.05, 0.1) is 4.47 Å². The lowest BCUT2D eigenvalue weighted by atomic mass is 10.1. The van der Waals surface area contributed by atoms with Crippen LogP contribution in [-0.2, 0) is 14.4 Å². The molecule has 0 fully saturated rings. The Morgan fingerprint density at radius 3 is 2.40 bits per heavy atom. The maximum Gasteiger partial charge on any atom is 0.279 e. The standard InChI is InChI=1S/C21H23BrClN3O4/c1-12-4-6-17(13(2)10-12)24-19(27)8-9-20(28)25-26-21(29)14(3)30-18-7-5-15(23)11-16(18)22/h4-7,10-11,14H,8-9H2,1-3H3,(H,24,27)(H,25,28)(H,26,29). The van der Waals surface area contributed by atoms with Gasteiger partial charge in [0, 0.05) is 23.6 Å². The molecule has 0 aliphatic carbocycles. The molecule has 3 N–H and O–H groups in total. The summed E-state index contributed by atoms with van der Waals surface area (Å²) in [4.78, 5) is 36.1. The third kappa shape index (κ3) is 7.35. The number of carbonyl (C=O) groups is 3. The number of halogens is 2. The molecule has 0 aliphatic rings. The monoisotopic (exact) mass is 495 g/mol. The molecule has 2 aromatic rings. The van der Waals surface area contributed by atoms with Gasteiger partial charge < -0.3 is 10.1 Å². The van der Waals surface area contributed by atoms with Crippen LogP contribution in [0.5, 0.6) is 5.75 Å². The molecule has 30 heavy (non-hydrogen) atoms. The molecule has 2 rings (SSSR count). The number of ether oxygens (including phenoxy) is 1. The van der Waals surface area contributed by atoms with Crippen LogP contribution in [0.4, 0.5) is 5.69 Å². The van der Waals surface area contributed by atoms with Crippen LogP contribution in [0.2, 0.25) is 5.02 Å². The molecule has 160 valence electrons. The van der Waals surface area contributed by atoms with E-state index < -0.39 is 17.9 Å². The first kappa shape index (κ1) is 23.7. The summed E-state index contributed by atoms with van der Waals surface area (Å²) in [6.07, 6.45) is -0.955. The van der Waals surface area contributed by atoms with E-state index >= 15 is 0 Å². The highest BCUT2D eigenvalue weighted by atomic mass is 79.9. The van der Waals surface area contributed by atoms with Crippen molar-refractivity contribution in [2.75, 3.05) is 5.32 Å². The molecular weight excluding hydrogens is 474 g/mol. The third-order valence-electron chi connectivity index (χ3n) is 4.13. The van der Waals surface area contributed by atoms with Gasteiger partial charge in [0.1, 0.15) is 5.75 Å². The predicted molar refractivity (Wildman–Crippen MR) is 119 cm³/mol. The second-order valence-electron chi connectivity index (χ2n) is 6.74. The van der Waals surface area contributed by atoms with Gasteiger partial charge >= 0.3 is 0 Å². The third-order valence-corrected chi connectivity index (χ3v) is 4.98. The van der Waals surface area contributed by atoms with Gasteiger partial charge in [-0.3, -0.25) is 25.2 Å². The first-order valence-corrected chi connectivity index (χ1v) is 10.4. The summed E-state index contributed by atoms with van der Waals surface area (Å²) < 4.78 is 6.15. The summed E-state index contributed by atoms with van der Waals surface area (Å²) in [5.41, 5.74) is 7.32. The fourth-order valence-corrected chi connectivity index (χ4v) is 3.28. The van der Waals surface area contributed by atoms with Crippen molar-refractivity contribution < 1.29 is 19.1 Å². The molecule has 7 nitrogen and oxygen atoms in total. The number of hydrazine groups is 1. The van der Waals surface area contributed by atoms with Crippen molar-refractivity contribution in [1.82, 2.24) is 10.9 Å². The topological polar surface area (TPSA) is 96.5 Å². The lowest BCUT2D eigenvalue weighted by Crippen LogP contribution is -2.47. The summed E-state index contributed by atoms with van der Waals surface area (Å²) in [7, 11) is 0. The smallest absolute Gasteiger partial charge is 0.279 e. The van der Waals surface area contributed by atoms with Crippen molar-refractivity contribution in [3.05, 3.63) is 57.0 Å². The fourth-order valence-electron chi connectivity index (χ4n) is 2.50. The van der Waals surface area contributed by atoms with Gasteiger partial charge in [-0.15, -0.1) is 0 Å². The van der Waals surface area contributed by atoms with Crippen LogP contribution in [0.3, 0.4) is 0 Å². The molecule has 0 bridgehead atoms. The van der Waals surface area contributed by atoms with Crippen molar-refractivity contribution in [3.8, 4) is 5.75 Å². The van der Waals surface area contributed by atoms with Crippen molar-refractivity contribution in [3.63, 3.8) is 0 Å². The molecule has 0 radical (unpaired) electrons. The van der Waals surface area contributed by atoms with Crippen LogP contribution in [0.25, 0.3) is 0 Å². The summed E-state index contributed by atoms with van der Waals surface area (Å²) >= 11 is 9.17. The number of benzene rings is 2. The molecule has 1 unspecified atom stereocenters. The van der Waals surface area contributed by atoms with Crippen LogP contribution in [0.1, 0.15) is 30.9 Å². The van der Waals surface area contributed by atoms with Crippen LogP contribution in [-0.4, -0.2) is 23.8 Å². The number of aryl methyl sites for hydroxylation is 2. The number of anilines is 1. The van der Waals surface area contributed by atoms with E-state index in [9.17, 15) is 14.4 Å². The molecule has 0 saturated carbocycles. The van der Waals surface area contributed by atoms with Crippen LogP contribution in [0.15, 0.2) is 40.9 Å². The van der Waals surface area contributed by atoms with Gasteiger partial charge in [0.25, 0.3) is 5.91 Å². The van der Waals surface area contributed by atoms with E-state index in [0.29, 0.717) is 20.9 Å². The van der Waals surface area contributed by atoms with Gasteiger partial charge in [0.2, 0.25) is 11.8 Å². The van der Waals surface area contributed by atoms with Gasteiger partial charge in [-0.25, -0.2) is 0 Å². The van der Waals surface area contributed by atoms with E-state index in [1.165, 1.54) is 0 Å². The quantitative estimate of drug-likeness (QED) is 0.504. The maximum atomic E-state index is 12.1. The predicted octanol–water partition coefficient (Wildman–Crippen LogP) is 4.05. The Hall–Kier alpha value is -2.58. The van der Waals surface area contributed by atoms with Crippen LogP contribution < -0.4 is 20.9 Å². The molecule has 3 amide bonds. The Kier molecular flexibility index (Phi) is 8.68. The lowest BCUT2D eigenvalue weighted by Gasteiger charge is -2.16. The fraction of sp³-hybridized carbons (Fsp3) is 0.286. The molecule has 9 heteroatoms. The second kappa shape index (κ2) is 11.0. The number of carbonyl (C=O) groups excluding carboxylic acids is 3. The average Bonchev–Trinajstić information content (AvgIpc) is 2.68. The minimum Gasteiger partial charge on any atom is -0.480 e. The maximum absolute atomic E-state index is 12.1. The van der Waals surface area contributed by atoms with E-state index in [-0.39, 0.29) is 18.7 Å². The molecule has 0 aliphatic heterocycles. The Morgan fingerprint density at radius 2 is 1.73 bits per heavy atom. The van der Waals surface area contributed by atoms with Gasteiger partial charge in [-0.05, 0) is 66.5 Å². The minimum atomic E-state index is -0.865. The van der Waals surface area contributed by atoms with Gasteiger partial charge in [-0.1, -0.05) is 29.3 Å². The van der Waals surface area contributed by atoms with Crippen molar-refractivity contribution in [2.45, 2.75) is 39.7 Å². The molecule has 0 heterocycles.